The van der Waals surface area contributed by atoms with Gasteiger partial charge in [-0.2, -0.15) is 13.2 Å². The van der Waals surface area contributed by atoms with Gasteiger partial charge in [0.25, 0.3) is 0 Å². The van der Waals surface area contributed by atoms with E-state index in [1.807, 2.05) is 0 Å². The number of halogens is 5. The van der Waals surface area contributed by atoms with Crippen molar-refractivity contribution >= 4 is 41.7 Å². The molecule has 1 aliphatic rings. The van der Waals surface area contributed by atoms with Crippen molar-refractivity contribution in [2.75, 3.05) is 35.4 Å². The van der Waals surface area contributed by atoms with E-state index in [0.29, 0.717) is 23.5 Å². The summed E-state index contributed by atoms with van der Waals surface area (Å²) in [5, 5.41) is 1.06. The predicted molar refractivity (Wildman–Crippen MR) is 78.3 cm³/mol. The van der Waals surface area contributed by atoms with Crippen LogP contribution in [0.1, 0.15) is 12.8 Å². The second kappa shape index (κ2) is 7.28. The molecular formula is C11H17Br2F3O3S. The van der Waals surface area contributed by atoms with Gasteiger partial charge >= 0.3 is 6.18 Å². The Morgan fingerprint density at radius 1 is 1.20 bits per heavy atom. The van der Waals surface area contributed by atoms with Crippen molar-refractivity contribution in [1.29, 1.82) is 0 Å². The molecule has 1 aliphatic heterocycles. The summed E-state index contributed by atoms with van der Waals surface area (Å²) in [6.07, 6.45) is -3.39. The van der Waals surface area contributed by atoms with Gasteiger partial charge in [0.05, 0.1) is 11.5 Å². The Morgan fingerprint density at radius 3 is 2.20 bits per heavy atom. The molecule has 0 radical (unpaired) electrons. The van der Waals surface area contributed by atoms with Crippen LogP contribution in [0.2, 0.25) is 0 Å². The molecule has 0 aromatic carbocycles. The monoisotopic (exact) mass is 444 g/mol. The zero-order valence-electron chi connectivity index (χ0n) is 10.8. The van der Waals surface area contributed by atoms with Crippen molar-refractivity contribution in [2.45, 2.75) is 19.0 Å². The number of alkyl halides is 5. The summed E-state index contributed by atoms with van der Waals surface area (Å²) >= 11 is 6.74. The molecule has 1 heterocycles. The Hall–Kier alpha value is 0.660. The summed E-state index contributed by atoms with van der Waals surface area (Å²) in [5.74, 6) is 0.201. The lowest BCUT2D eigenvalue weighted by Gasteiger charge is -2.35. The molecule has 0 aromatic heterocycles. The molecule has 1 rings (SSSR count). The van der Waals surface area contributed by atoms with E-state index in [9.17, 15) is 21.6 Å². The van der Waals surface area contributed by atoms with E-state index in [1.165, 1.54) is 0 Å². The first-order chi connectivity index (χ1) is 9.14. The lowest BCUT2D eigenvalue weighted by Crippen LogP contribution is -2.36. The van der Waals surface area contributed by atoms with Gasteiger partial charge in [-0.25, -0.2) is 8.42 Å². The third-order valence-electron chi connectivity index (χ3n) is 3.64. The van der Waals surface area contributed by atoms with Crippen molar-refractivity contribution in [3.8, 4) is 0 Å². The fourth-order valence-electron chi connectivity index (χ4n) is 2.33. The molecule has 0 aliphatic carbocycles. The van der Waals surface area contributed by atoms with E-state index in [0.717, 1.165) is 0 Å². The van der Waals surface area contributed by atoms with Crippen LogP contribution in [0.15, 0.2) is 0 Å². The maximum absolute atomic E-state index is 12.0. The first-order valence-electron chi connectivity index (χ1n) is 6.11. The number of rotatable bonds is 7. The van der Waals surface area contributed by atoms with E-state index in [1.54, 1.807) is 0 Å². The minimum Gasteiger partial charge on any atom is -0.372 e. The second-order valence-corrected chi connectivity index (χ2v) is 8.50. The fraction of sp³-hybridized carbons (Fsp3) is 1.00. The summed E-state index contributed by atoms with van der Waals surface area (Å²) < 4.78 is 63.9. The molecule has 0 saturated carbocycles. The molecule has 1 saturated heterocycles. The van der Waals surface area contributed by atoms with Crippen molar-refractivity contribution in [1.82, 2.24) is 0 Å². The normalized spacial score (nSPS) is 23.1. The predicted octanol–water partition coefficient (Wildman–Crippen LogP) is 3.17. The van der Waals surface area contributed by atoms with Crippen molar-refractivity contribution in [2.24, 2.45) is 11.3 Å². The average molecular weight is 446 g/mol. The molecular weight excluding hydrogens is 429 g/mol. The van der Waals surface area contributed by atoms with Gasteiger partial charge in [0, 0.05) is 17.3 Å². The zero-order chi connectivity index (χ0) is 15.4. The molecule has 3 nitrogen and oxygen atoms in total. The Balaban J connectivity index is 2.59. The van der Waals surface area contributed by atoms with E-state index in [2.05, 4.69) is 36.6 Å². The van der Waals surface area contributed by atoms with Gasteiger partial charge in [-0.1, -0.05) is 31.9 Å². The molecule has 0 N–H and O–H groups in total. The highest BCUT2D eigenvalue weighted by Gasteiger charge is 2.43. The Kier molecular flexibility index (Phi) is 6.81. The minimum absolute atomic E-state index is 0.0345. The first kappa shape index (κ1) is 18.7. The van der Waals surface area contributed by atoms with Gasteiger partial charge in [0.1, 0.15) is 6.61 Å². The summed E-state index contributed by atoms with van der Waals surface area (Å²) in [7, 11) is -3.02. The zero-order valence-corrected chi connectivity index (χ0v) is 14.7. The second-order valence-electron chi connectivity index (χ2n) is 5.15. The topological polar surface area (TPSA) is 43.4 Å². The SMILES string of the molecule is O=S1(=O)CCC(C(CBr)(CBr)CCOCC(F)(F)F)C1. The quantitative estimate of drug-likeness (QED) is 0.446. The van der Waals surface area contributed by atoms with Crippen LogP contribution in [0.25, 0.3) is 0 Å². The van der Waals surface area contributed by atoms with E-state index >= 15 is 0 Å². The van der Waals surface area contributed by atoms with Crippen LogP contribution in [-0.2, 0) is 14.6 Å². The molecule has 0 bridgehead atoms. The maximum atomic E-state index is 12.0. The lowest BCUT2D eigenvalue weighted by molar-refractivity contribution is -0.175. The van der Waals surface area contributed by atoms with Crippen LogP contribution in [0.5, 0.6) is 0 Å². The van der Waals surface area contributed by atoms with Gasteiger partial charge < -0.3 is 4.74 Å². The highest BCUT2D eigenvalue weighted by atomic mass is 79.9. The van der Waals surface area contributed by atoms with Gasteiger partial charge in [0.15, 0.2) is 9.84 Å². The van der Waals surface area contributed by atoms with Crippen molar-refractivity contribution < 1.29 is 26.3 Å². The Bertz CT molecular complexity index is 408. The van der Waals surface area contributed by atoms with Crippen LogP contribution in [0, 0.1) is 11.3 Å². The fourth-order valence-corrected chi connectivity index (χ4v) is 6.68. The average Bonchev–Trinajstić information content (AvgIpc) is 2.70. The summed E-state index contributed by atoms with van der Waals surface area (Å²) in [6, 6.07) is 0. The standard InChI is InChI=1S/C11H17Br2F3O3S/c12-6-10(7-13,2-3-19-8-11(14,15)16)9-1-4-20(17,18)5-9/h9H,1-8H2. The smallest absolute Gasteiger partial charge is 0.372 e. The summed E-state index contributed by atoms with van der Waals surface area (Å²) in [6.45, 7) is -1.30. The van der Waals surface area contributed by atoms with E-state index in [-0.39, 0.29) is 24.0 Å². The third-order valence-corrected chi connectivity index (χ3v) is 7.64. The number of hydrogen-bond acceptors (Lipinski definition) is 3. The number of ether oxygens (including phenoxy) is 1. The van der Waals surface area contributed by atoms with Gasteiger partial charge in [-0.05, 0) is 24.2 Å². The number of sulfone groups is 1. The van der Waals surface area contributed by atoms with Crippen LogP contribution >= 0.6 is 31.9 Å². The highest BCUT2D eigenvalue weighted by molar-refractivity contribution is 9.09. The summed E-state index contributed by atoms with van der Waals surface area (Å²) in [5.41, 5.74) is -0.394. The molecule has 0 spiro atoms. The molecule has 9 heteroatoms. The van der Waals surface area contributed by atoms with Crippen LogP contribution in [0.4, 0.5) is 13.2 Å². The summed E-state index contributed by atoms with van der Waals surface area (Å²) in [4.78, 5) is 0. The molecule has 1 unspecified atom stereocenters. The molecule has 120 valence electrons. The van der Waals surface area contributed by atoms with Crippen LogP contribution in [0.3, 0.4) is 0 Å². The molecule has 1 fully saturated rings. The van der Waals surface area contributed by atoms with Crippen molar-refractivity contribution in [3.05, 3.63) is 0 Å². The Labute approximate surface area is 133 Å². The van der Waals surface area contributed by atoms with Crippen molar-refractivity contribution in [3.63, 3.8) is 0 Å². The van der Waals surface area contributed by atoms with E-state index < -0.39 is 28.0 Å². The van der Waals surface area contributed by atoms with Crippen LogP contribution < -0.4 is 0 Å². The first-order valence-corrected chi connectivity index (χ1v) is 10.2. The van der Waals surface area contributed by atoms with Gasteiger partial charge in [-0.3, -0.25) is 0 Å². The van der Waals surface area contributed by atoms with Gasteiger partial charge in [0.2, 0.25) is 0 Å². The minimum atomic E-state index is -4.33. The molecule has 1 atom stereocenters. The third kappa shape index (κ3) is 5.46. The largest absolute Gasteiger partial charge is 0.411 e. The molecule has 20 heavy (non-hydrogen) atoms. The van der Waals surface area contributed by atoms with Crippen LogP contribution in [-0.4, -0.2) is 50.0 Å². The van der Waals surface area contributed by atoms with E-state index in [4.69, 9.17) is 0 Å². The maximum Gasteiger partial charge on any atom is 0.411 e. The lowest BCUT2D eigenvalue weighted by atomic mass is 9.76. The molecule has 0 aromatic rings. The number of hydrogen-bond donors (Lipinski definition) is 0. The molecule has 0 amide bonds. The van der Waals surface area contributed by atoms with Gasteiger partial charge in [-0.15, -0.1) is 0 Å². The Morgan fingerprint density at radius 2 is 1.80 bits per heavy atom. The highest BCUT2D eigenvalue weighted by Crippen LogP contribution is 2.42.